The van der Waals surface area contributed by atoms with Crippen LogP contribution in [0.15, 0.2) is 12.1 Å². The fourth-order valence-electron chi connectivity index (χ4n) is 1.26. The van der Waals surface area contributed by atoms with E-state index in [9.17, 15) is 9.18 Å². The lowest BCUT2D eigenvalue weighted by Gasteiger charge is -2.00. The van der Waals surface area contributed by atoms with Crippen LogP contribution in [0, 0.1) is 9.39 Å². The van der Waals surface area contributed by atoms with Crippen molar-refractivity contribution in [2.24, 2.45) is 0 Å². The molecule has 1 aromatic rings. The minimum absolute atomic E-state index is 0.133. The third-order valence-electron chi connectivity index (χ3n) is 1.75. The summed E-state index contributed by atoms with van der Waals surface area (Å²) in [5, 5.41) is 2.48. The minimum Gasteiger partial charge on any atom is -0.323 e. The Kier molecular flexibility index (Phi) is 1.79. The second-order valence-corrected chi connectivity index (χ2v) is 3.89. The van der Waals surface area contributed by atoms with Gasteiger partial charge in [0.05, 0.1) is 12.1 Å². The smallest absolute Gasteiger partial charge is 0.228 e. The second kappa shape index (κ2) is 2.69. The van der Waals surface area contributed by atoms with E-state index in [0.29, 0.717) is 12.1 Å². The quantitative estimate of drug-likeness (QED) is 0.721. The summed E-state index contributed by atoms with van der Waals surface area (Å²) in [6, 6.07) is 3.22. The molecule has 1 aliphatic heterocycles. The summed E-state index contributed by atoms with van der Waals surface area (Å²) in [7, 11) is 0. The van der Waals surface area contributed by atoms with E-state index in [-0.39, 0.29) is 11.7 Å². The summed E-state index contributed by atoms with van der Waals surface area (Å²) >= 11 is 2.03. The minimum atomic E-state index is -0.345. The van der Waals surface area contributed by atoms with Crippen molar-refractivity contribution in [2.45, 2.75) is 6.42 Å². The highest BCUT2D eigenvalue weighted by molar-refractivity contribution is 14.1. The molecule has 0 fully saturated rings. The number of rotatable bonds is 0. The molecule has 1 heterocycles. The molecule has 1 amide bonds. The molecule has 0 aliphatic carbocycles. The Morgan fingerprint density at radius 1 is 1.50 bits per heavy atom. The summed E-state index contributed by atoms with van der Waals surface area (Å²) in [6.07, 6.45) is 0.295. The molecule has 0 radical (unpaired) electrons. The third-order valence-corrected chi connectivity index (χ3v) is 2.37. The standard InChI is InChI=1S/C8H5FINO/c9-6-3-5(10)1-4-2-7(12)11-8(4)6/h1,3H,2H2,(H,11,12). The number of hydrogen-bond donors (Lipinski definition) is 1. The predicted octanol–water partition coefficient (Wildman–Crippen LogP) is 1.92. The molecule has 1 N–H and O–H groups in total. The van der Waals surface area contributed by atoms with Gasteiger partial charge >= 0.3 is 0 Å². The van der Waals surface area contributed by atoms with Crippen LogP contribution < -0.4 is 5.32 Å². The summed E-state index contributed by atoms with van der Waals surface area (Å²) in [4.78, 5) is 10.9. The lowest BCUT2D eigenvalue weighted by atomic mass is 10.2. The second-order valence-electron chi connectivity index (χ2n) is 2.65. The molecule has 0 atom stereocenters. The first-order valence-corrected chi connectivity index (χ1v) is 4.52. The van der Waals surface area contributed by atoms with Crippen LogP contribution in [0.1, 0.15) is 5.56 Å². The number of hydrogen-bond acceptors (Lipinski definition) is 1. The highest BCUT2D eigenvalue weighted by Crippen LogP contribution is 2.27. The number of anilines is 1. The molecule has 0 unspecified atom stereocenters. The van der Waals surface area contributed by atoms with Crippen molar-refractivity contribution in [1.29, 1.82) is 0 Å². The van der Waals surface area contributed by atoms with Crippen LogP contribution in [-0.4, -0.2) is 5.91 Å². The number of fused-ring (bicyclic) bond motifs is 1. The fourth-order valence-corrected chi connectivity index (χ4v) is 1.91. The summed E-state index contributed by atoms with van der Waals surface area (Å²) < 4.78 is 13.9. The van der Waals surface area contributed by atoms with Gasteiger partial charge in [-0.05, 0) is 40.3 Å². The molecule has 0 spiro atoms. The number of benzene rings is 1. The van der Waals surface area contributed by atoms with E-state index < -0.39 is 0 Å². The molecule has 2 rings (SSSR count). The van der Waals surface area contributed by atoms with E-state index in [1.165, 1.54) is 6.07 Å². The van der Waals surface area contributed by atoms with Gasteiger partial charge in [-0.1, -0.05) is 0 Å². The number of carbonyl (C=O) groups is 1. The van der Waals surface area contributed by atoms with E-state index in [4.69, 9.17) is 0 Å². The normalized spacial score (nSPS) is 14.3. The maximum Gasteiger partial charge on any atom is 0.228 e. The van der Waals surface area contributed by atoms with Crippen molar-refractivity contribution in [2.75, 3.05) is 5.32 Å². The summed E-state index contributed by atoms with van der Waals surface area (Å²) in [5.41, 5.74) is 1.10. The largest absolute Gasteiger partial charge is 0.323 e. The zero-order valence-electron chi connectivity index (χ0n) is 6.03. The lowest BCUT2D eigenvalue weighted by molar-refractivity contribution is -0.115. The number of carbonyl (C=O) groups excluding carboxylic acids is 1. The number of nitrogens with one attached hydrogen (secondary N) is 1. The highest BCUT2D eigenvalue weighted by atomic mass is 127. The first kappa shape index (κ1) is 7.97. The van der Waals surface area contributed by atoms with Gasteiger partial charge in [0.1, 0.15) is 5.82 Å². The maximum absolute atomic E-state index is 13.1. The van der Waals surface area contributed by atoms with E-state index >= 15 is 0 Å². The van der Waals surface area contributed by atoms with Crippen LogP contribution in [0.25, 0.3) is 0 Å². The fraction of sp³-hybridized carbons (Fsp3) is 0.125. The first-order valence-electron chi connectivity index (χ1n) is 3.44. The summed E-state index contributed by atoms with van der Waals surface area (Å²) in [5.74, 6) is -0.478. The van der Waals surface area contributed by atoms with Gasteiger partial charge in [-0.3, -0.25) is 4.79 Å². The molecule has 4 heteroatoms. The van der Waals surface area contributed by atoms with Gasteiger partial charge in [0.25, 0.3) is 0 Å². The van der Waals surface area contributed by atoms with Gasteiger partial charge in [0.15, 0.2) is 0 Å². The van der Waals surface area contributed by atoms with Crippen molar-refractivity contribution in [3.63, 3.8) is 0 Å². The Balaban J connectivity index is 2.59. The van der Waals surface area contributed by atoms with Crippen molar-refractivity contribution < 1.29 is 9.18 Å². The molecule has 1 aromatic carbocycles. The van der Waals surface area contributed by atoms with E-state index in [1.807, 2.05) is 28.7 Å². The van der Waals surface area contributed by atoms with Crippen molar-refractivity contribution in [3.8, 4) is 0 Å². The van der Waals surface area contributed by atoms with E-state index in [1.54, 1.807) is 0 Å². The molecular weight excluding hydrogens is 272 g/mol. The van der Waals surface area contributed by atoms with Crippen LogP contribution in [-0.2, 0) is 11.2 Å². The van der Waals surface area contributed by atoms with Gasteiger partial charge in [-0.15, -0.1) is 0 Å². The van der Waals surface area contributed by atoms with Gasteiger partial charge in [-0.25, -0.2) is 4.39 Å². The Labute approximate surface area is 82.3 Å². The topological polar surface area (TPSA) is 29.1 Å². The van der Waals surface area contributed by atoms with Gasteiger partial charge in [0.2, 0.25) is 5.91 Å². The average molecular weight is 277 g/mol. The lowest BCUT2D eigenvalue weighted by Crippen LogP contribution is -2.04. The average Bonchev–Trinajstić information content (AvgIpc) is 2.29. The Bertz CT molecular complexity index is 364. The molecule has 0 bridgehead atoms. The van der Waals surface area contributed by atoms with Crippen molar-refractivity contribution >= 4 is 34.2 Å². The van der Waals surface area contributed by atoms with Crippen molar-refractivity contribution in [3.05, 3.63) is 27.1 Å². The van der Waals surface area contributed by atoms with E-state index in [0.717, 1.165) is 9.13 Å². The Hall–Kier alpha value is -0.650. The van der Waals surface area contributed by atoms with Crippen LogP contribution in [0.4, 0.5) is 10.1 Å². The zero-order chi connectivity index (χ0) is 8.72. The highest BCUT2D eigenvalue weighted by Gasteiger charge is 2.21. The van der Waals surface area contributed by atoms with Crippen LogP contribution in [0.5, 0.6) is 0 Å². The maximum atomic E-state index is 13.1. The Morgan fingerprint density at radius 2 is 2.25 bits per heavy atom. The van der Waals surface area contributed by atoms with Crippen LogP contribution in [0.2, 0.25) is 0 Å². The van der Waals surface area contributed by atoms with Crippen LogP contribution >= 0.6 is 22.6 Å². The molecule has 1 aliphatic rings. The van der Waals surface area contributed by atoms with Gasteiger partial charge in [-0.2, -0.15) is 0 Å². The molecule has 0 saturated heterocycles. The van der Waals surface area contributed by atoms with Crippen LogP contribution in [0.3, 0.4) is 0 Å². The van der Waals surface area contributed by atoms with Gasteiger partial charge < -0.3 is 5.32 Å². The number of halogens is 2. The summed E-state index contributed by atoms with van der Waals surface area (Å²) in [6.45, 7) is 0. The molecule has 62 valence electrons. The molecular formula is C8H5FINO. The van der Waals surface area contributed by atoms with Gasteiger partial charge in [0, 0.05) is 3.57 Å². The van der Waals surface area contributed by atoms with Crippen molar-refractivity contribution in [1.82, 2.24) is 0 Å². The SMILES string of the molecule is O=C1Cc2cc(I)cc(F)c2N1. The molecule has 2 nitrogen and oxygen atoms in total. The van der Waals surface area contributed by atoms with E-state index in [2.05, 4.69) is 5.32 Å². The Morgan fingerprint density at radius 3 is 3.00 bits per heavy atom. The predicted molar refractivity (Wildman–Crippen MR) is 51.5 cm³/mol. The molecule has 0 aromatic heterocycles. The molecule has 12 heavy (non-hydrogen) atoms. The monoisotopic (exact) mass is 277 g/mol. The third kappa shape index (κ3) is 1.20. The number of amides is 1. The first-order chi connectivity index (χ1) is 5.66. The molecule has 0 saturated carbocycles. The zero-order valence-corrected chi connectivity index (χ0v) is 8.18.